The molecule has 2 aromatic carbocycles. The Morgan fingerprint density at radius 3 is 2.48 bits per heavy atom. The Kier molecular flexibility index (Phi) is 5.22. The number of anilines is 1. The van der Waals surface area contributed by atoms with Crippen LogP contribution in [-0.4, -0.2) is 37.4 Å². The molecule has 3 aromatic rings. The summed E-state index contributed by atoms with van der Waals surface area (Å²) >= 11 is 0. The van der Waals surface area contributed by atoms with E-state index in [2.05, 4.69) is 15.5 Å². The lowest BCUT2D eigenvalue weighted by Crippen LogP contribution is -2.12. The quantitative estimate of drug-likeness (QED) is 0.692. The van der Waals surface area contributed by atoms with Gasteiger partial charge in [0.2, 0.25) is 0 Å². The Morgan fingerprint density at radius 1 is 1.11 bits per heavy atom. The number of hydrogen-bond donors (Lipinski definition) is 1. The van der Waals surface area contributed by atoms with E-state index >= 15 is 0 Å². The fraction of sp³-hybridized carbons (Fsp3) is 0.167. The lowest BCUT2D eigenvalue weighted by molar-refractivity contribution is 0.102. The zero-order chi connectivity index (χ0) is 19.4. The number of hydrogen-bond acceptors (Lipinski definition) is 7. The van der Waals surface area contributed by atoms with Crippen molar-refractivity contribution in [3.05, 3.63) is 54.1 Å². The molecule has 1 amide bonds. The SMILES string of the molecule is CCS(=O)(=O)c1ccc(C(=O)Nc2nnc(-c3ccccc3OC)o2)cc1. The van der Waals surface area contributed by atoms with Crippen molar-refractivity contribution in [1.82, 2.24) is 10.2 Å². The molecule has 0 fully saturated rings. The number of amides is 1. The van der Waals surface area contributed by atoms with Crippen molar-refractivity contribution in [2.24, 2.45) is 0 Å². The first kappa shape index (κ1) is 18.6. The summed E-state index contributed by atoms with van der Waals surface area (Å²) in [5.74, 6) is 0.260. The third-order valence-corrected chi connectivity index (χ3v) is 5.59. The van der Waals surface area contributed by atoms with Gasteiger partial charge in [-0.15, -0.1) is 5.10 Å². The van der Waals surface area contributed by atoms with Crippen LogP contribution >= 0.6 is 0 Å². The third-order valence-electron chi connectivity index (χ3n) is 3.84. The molecule has 0 atom stereocenters. The minimum atomic E-state index is -3.32. The number of benzene rings is 2. The molecule has 1 heterocycles. The Labute approximate surface area is 156 Å². The molecule has 9 heteroatoms. The van der Waals surface area contributed by atoms with Gasteiger partial charge in [-0.2, -0.15) is 0 Å². The van der Waals surface area contributed by atoms with Gasteiger partial charge in [0, 0.05) is 5.56 Å². The van der Waals surface area contributed by atoms with Crippen molar-refractivity contribution in [2.45, 2.75) is 11.8 Å². The van der Waals surface area contributed by atoms with Crippen LogP contribution in [0.5, 0.6) is 5.75 Å². The van der Waals surface area contributed by atoms with E-state index in [9.17, 15) is 13.2 Å². The number of nitrogens with zero attached hydrogens (tertiary/aromatic N) is 2. The van der Waals surface area contributed by atoms with Crippen LogP contribution in [0.25, 0.3) is 11.5 Å². The van der Waals surface area contributed by atoms with Crippen molar-refractivity contribution < 1.29 is 22.4 Å². The lowest BCUT2D eigenvalue weighted by Gasteiger charge is -2.04. The number of carbonyl (C=O) groups excluding carboxylic acids is 1. The maximum absolute atomic E-state index is 12.3. The average molecular weight is 387 g/mol. The molecule has 1 N–H and O–H groups in total. The van der Waals surface area contributed by atoms with Crippen LogP contribution in [0.2, 0.25) is 0 Å². The van der Waals surface area contributed by atoms with Gasteiger partial charge in [-0.3, -0.25) is 10.1 Å². The number of ether oxygens (including phenoxy) is 1. The summed E-state index contributed by atoms with van der Waals surface area (Å²) in [6, 6.07) is 12.7. The molecular formula is C18H17N3O5S. The van der Waals surface area contributed by atoms with E-state index in [0.29, 0.717) is 11.3 Å². The number of sulfone groups is 1. The predicted molar refractivity (Wildman–Crippen MR) is 98.4 cm³/mol. The number of para-hydroxylation sites is 1. The Hall–Kier alpha value is -3.20. The highest BCUT2D eigenvalue weighted by Crippen LogP contribution is 2.29. The van der Waals surface area contributed by atoms with Crippen LogP contribution < -0.4 is 10.1 Å². The molecule has 140 valence electrons. The largest absolute Gasteiger partial charge is 0.496 e. The monoisotopic (exact) mass is 387 g/mol. The lowest BCUT2D eigenvalue weighted by atomic mass is 10.2. The molecule has 1 aromatic heterocycles. The zero-order valence-corrected chi connectivity index (χ0v) is 15.5. The smallest absolute Gasteiger partial charge is 0.322 e. The second-order valence-corrected chi connectivity index (χ2v) is 7.77. The summed E-state index contributed by atoms with van der Waals surface area (Å²) in [6.45, 7) is 1.56. The molecule has 0 radical (unpaired) electrons. The minimum Gasteiger partial charge on any atom is -0.496 e. The van der Waals surface area contributed by atoms with Crippen LogP contribution in [0.4, 0.5) is 6.01 Å². The highest BCUT2D eigenvalue weighted by atomic mass is 32.2. The first-order valence-corrected chi connectivity index (χ1v) is 9.71. The number of nitrogens with one attached hydrogen (secondary N) is 1. The van der Waals surface area contributed by atoms with Gasteiger partial charge in [0.15, 0.2) is 9.84 Å². The van der Waals surface area contributed by atoms with Gasteiger partial charge in [0.05, 0.1) is 23.3 Å². The summed E-state index contributed by atoms with van der Waals surface area (Å²) in [5.41, 5.74) is 0.865. The van der Waals surface area contributed by atoms with Gasteiger partial charge >= 0.3 is 6.01 Å². The van der Waals surface area contributed by atoms with Gasteiger partial charge in [-0.05, 0) is 36.4 Å². The molecule has 0 bridgehead atoms. The highest BCUT2D eigenvalue weighted by Gasteiger charge is 2.16. The van der Waals surface area contributed by atoms with Gasteiger partial charge in [-0.1, -0.05) is 24.2 Å². The molecule has 0 saturated heterocycles. The second kappa shape index (κ2) is 7.58. The van der Waals surface area contributed by atoms with Crippen molar-refractivity contribution in [3.8, 4) is 17.2 Å². The zero-order valence-electron chi connectivity index (χ0n) is 14.7. The minimum absolute atomic E-state index is 0.00769. The molecular weight excluding hydrogens is 370 g/mol. The molecule has 3 rings (SSSR count). The number of methoxy groups -OCH3 is 1. The van der Waals surface area contributed by atoms with Gasteiger partial charge < -0.3 is 9.15 Å². The third kappa shape index (κ3) is 3.98. The van der Waals surface area contributed by atoms with E-state index in [0.717, 1.165) is 0 Å². The molecule has 0 aliphatic heterocycles. The van der Waals surface area contributed by atoms with E-state index in [-0.39, 0.29) is 28.1 Å². The number of carbonyl (C=O) groups is 1. The topological polar surface area (TPSA) is 111 Å². The van der Waals surface area contributed by atoms with Gasteiger partial charge in [-0.25, -0.2) is 8.42 Å². The first-order valence-electron chi connectivity index (χ1n) is 8.05. The Bertz CT molecular complexity index is 1060. The highest BCUT2D eigenvalue weighted by molar-refractivity contribution is 7.91. The number of aromatic nitrogens is 2. The van der Waals surface area contributed by atoms with Crippen molar-refractivity contribution in [2.75, 3.05) is 18.2 Å². The normalized spacial score (nSPS) is 11.2. The van der Waals surface area contributed by atoms with Crippen molar-refractivity contribution in [1.29, 1.82) is 0 Å². The summed E-state index contributed by atoms with van der Waals surface area (Å²) in [5, 5.41) is 10.2. The summed E-state index contributed by atoms with van der Waals surface area (Å²) in [6.07, 6.45) is 0. The van der Waals surface area contributed by atoms with Crippen LogP contribution in [-0.2, 0) is 9.84 Å². The summed E-state index contributed by atoms with van der Waals surface area (Å²) in [7, 11) is -1.79. The van der Waals surface area contributed by atoms with E-state index < -0.39 is 15.7 Å². The molecule has 0 spiro atoms. The fourth-order valence-electron chi connectivity index (χ4n) is 2.35. The maximum Gasteiger partial charge on any atom is 0.322 e. The predicted octanol–water partition coefficient (Wildman–Crippen LogP) is 2.79. The molecule has 27 heavy (non-hydrogen) atoms. The van der Waals surface area contributed by atoms with Crippen LogP contribution in [0.3, 0.4) is 0 Å². The second-order valence-electron chi connectivity index (χ2n) is 5.49. The van der Waals surface area contributed by atoms with Gasteiger partial charge in [0.25, 0.3) is 11.8 Å². The van der Waals surface area contributed by atoms with Crippen LogP contribution in [0.15, 0.2) is 57.8 Å². The molecule has 0 saturated carbocycles. The van der Waals surface area contributed by atoms with E-state index in [1.54, 1.807) is 25.1 Å². The Balaban J connectivity index is 1.76. The number of rotatable bonds is 6. The van der Waals surface area contributed by atoms with Crippen LogP contribution in [0.1, 0.15) is 17.3 Å². The van der Waals surface area contributed by atoms with Gasteiger partial charge in [0.1, 0.15) is 5.75 Å². The van der Waals surface area contributed by atoms with E-state index in [1.807, 2.05) is 6.07 Å². The molecule has 0 unspecified atom stereocenters. The van der Waals surface area contributed by atoms with E-state index in [4.69, 9.17) is 9.15 Å². The summed E-state index contributed by atoms with van der Waals surface area (Å²) < 4.78 is 34.4. The average Bonchev–Trinajstić information content (AvgIpc) is 3.16. The standard InChI is InChI=1S/C18H17N3O5S/c1-3-27(23,24)13-10-8-12(9-11-13)16(22)19-18-21-20-17(26-18)14-6-4-5-7-15(14)25-2/h4-11H,3H2,1-2H3,(H,19,21,22). The van der Waals surface area contributed by atoms with E-state index in [1.165, 1.54) is 31.4 Å². The molecule has 0 aliphatic carbocycles. The van der Waals surface area contributed by atoms with Crippen molar-refractivity contribution >= 4 is 21.8 Å². The first-order chi connectivity index (χ1) is 12.9. The fourth-order valence-corrected chi connectivity index (χ4v) is 3.24. The van der Waals surface area contributed by atoms with Crippen molar-refractivity contribution in [3.63, 3.8) is 0 Å². The maximum atomic E-state index is 12.3. The molecule has 0 aliphatic rings. The summed E-state index contributed by atoms with van der Waals surface area (Å²) in [4.78, 5) is 12.5. The Morgan fingerprint density at radius 2 is 1.81 bits per heavy atom. The molecule has 8 nitrogen and oxygen atoms in total. The van der Waals surface area contributed by atoms with Crippen LogP contribution in [0, 0.1) is 0 Å².